The summed E-state index contributed by atoms with van der Waals surface area (Å²) >= 11 is 0. The third-order valence-electron chi connectivity index (χ3n) is 5.07. The van der Waals surface area contributed by atoms with E-state index >= 15 is 0 Å². The van der Waals surface area contributed by atoms with Crippen molar-refractivity contribution in [1.29, 1.82) is 0 Å². The van der Waals surface area contributed by atoms with E-state index in [1.54, 1.807) is 18.6 Å². The maximum Gasteiger partial charge on any atom is 0.237 e. The molecule has 2 heterocycles. The minimum Gasteiger partial charge on any atom is -0.353 e. The van der Waals surface area contributed by atoms with Crippen molar-refractivity contribution in [2.24, 2.45) is 0 Å². The lowest BCUT2D eigenvalue weighted by molar-refractivity contribution is -0.127. The molecule has 0 radical (unpaired) electrons. The molecule has 126 valence electrons. The fraction of sp³-hybridized carbons (Fsp3) is 0.706. The van der Waals surface area contributed by atoms with Gasteiger partial charge in [0.05, 0.1) is 12.2 Å². The number of rotatable bonds is 4. The Morgan fingerprint density at radius 2 is 1.91 bits per heavy atom. The smallest absolute Gasteiger partial charge is 0.237 e. The molecule has 1 amide bonds. The maximum atomic E-state index is 12.5. The number of amides is 1. The highest BCUT2D eigenvalue weighted by Crippen LogP contribution is 2.18. The molecule has 23 heavy (non-hydrogen) atoms. The largest absolute Gasteiger partial charge is 0.353 e. The van der Waals surface area contributed by atoms with Crippen molar-refractivity contribution >= 4 is 11.7 Å². The highest BCUT2D eigenvalue weighted by molar-refractivity contribution is 5.81. The van der Waals surface area contributed by atoms with Crippen molar-refractivity contribution in [3.63, 3.8) is 0 Å². The van der Waals surface area contributed by atoms with Gasteiger partial charge in [-0.2, -0.15) is 0 Å². The molecule has 3 rings (SSSR count). The van der Waals surface area contributed by atoms with Crippen molar-refractivity contribution in [2.45, 2.75) is 51.1 Å². The zero-order valence-corrected chi connectivity index (χ0v) is 13.9. The molecule has 1 aliphatic heterocycles. The van der Waals surface area contributed by atoms with E-state index in [4.69, 9.17) is 0 Å². The molecule has 1 saturated carbocycles. The number of nitrogens with zero attached hydrogens (tertiary/aromatic N) is 4. The van der Waals surface area contributed by atoms with Gasteiger partial charge in [-0.25, -0.2) is 4.98 Å². The Balaban J connectivity index is 1.47. The van der Waals surface area contributed by atoms with E-state index in [0.29, 0.717) is 6.04 Å². The van der Waals surface area contributed by atoms with E-state index in [1.165, 1.54) is 19.3 Å². The summed E-state index contributed by atoms with van der Waals surface area (Å²) in [4.78, 5) is 25.4. The lowest BCUT2D eigenvalue weighted by Crippen LogP contribution is -2.55. The number of hydrogen-bond acceptors (Lipinski definition) is 5. The second-order valence-corrected chi connectivity index (χ2v) is 6.61. The number of aromatic nitrogens is 2. The van der Waals surface area contributed by atoms with Crippen molar-refractivity contribution in [2.75, 3.05) is 31.1 Å². The van der Waals surface area contributed by atoms with Crippen LogP contribution in [0.3, 0.4) is 0 Å². The summed E-state index contributed by atoms with van der Waals surface area (Å²) in [7, 11) is 0. The van der Waals surface area contributed by atoms with E-state index in [0.717, 1.165) is 44.8 Å². The Hall–Kier alpha value is -1.69. The van der Waals surface area contributed by atoms with Crippen molar-refractivity contribution in [1.82, 2.24) is 20.2 Å². The molecule has 2 aliphatic rings. The molecule has 1 saturated heterocycles. The van der Waals surface area contributed by atoms with Crippen LogP contribution in [0.2, 0.25) is 0 Å². The van der Waals surface area contributed by atoms with Crippen LogP contribution >= 0.6 is 0 Å². The molecule has 0 aromatic carbocycles. The molecule has 0 bridgehead atoms. The standard InChI is InChI=1S/C17H27N5O/c1-14(17(23)20-15-5-3-2-4-6-15)21-9-11-22(12-10-21)16-13-18-7-8-19-16/h7-8,13-15H,2-6,9-12H2,1H3,(H,20,23). The highest BCUT2D eigenvalue weighted by atomic mass is 16.2. The SMILES string of the molecule is CC(C(=O)NC1CCCCC1)N1CCN(c2cnccn2)CC1. The average molecular weight is 317 g/mol. The third kappa shape index (κ3) is 4.19. The van der Waals surface area contributed by atoms with Gasteiger partial charge < -0.3 is 10.2 Å². The number of carbonyl (C=O) groups is 1. The van der Waals surface area contributed by atoms with Gasteiger partial charge in [0.15, 0.2) is 0 Å². The predicted octanol–water partition coefficient (Wildman–Crippen LogP) is 1.44. The molecule has 0 spiro atoms. The first-order valence-corrected chi connectivity index (χ1v) is 8.79. The molecular formula is C17H27N5O. The molecule has 2 fully saturated rings. The Morgan fingerprint density at radius 3 is 2.57 bits per heavy atom. The van der Waals surface area contributed by atoms with Gasteiger partial charge in [0, 0.05) is 44.6 Å². The number of anilines is 1. The number of piperazine rings is 1. The molecule has 1 aliphatic carbocycles. The van der Waals surface area contributed by atoms with E-state index in [-0.39, 0.29) is 11.9 Å². The summed E-state index contributed by atoms with van der Waals surface area (Å²) in [5.41, 5.74) is 0. The van der Waals surface area contributed by atoms with Crippen molar-refractivity contribution in [3.05, 3.63) is 18.6 Å². The predicted molar refractivity (Wildman–Crippen MR) is 90.3 cm³/mol. The second-order valence-electron chi connectivity index (χ2n) is 6.61. The molecule has 1 atom stereocenters. The van der Waals surface area contributed by atoms with Crippen LogP contribution < -0.4 is 10.2 Å². The van der Waals surface area contributed by atoms with Gasteiger partial charge in [-0.3, -0.25) is 14.7 Å². The molecule has 1 N–H and O–H groups in total. The van der Waals surface area contributed by atoms with Gasteiger partial charge in [-0.15, -0.1) is 0 Å². The van der Waals surface area contributed by atoms with Crippen LogP contribution in [0.15, 0.2) is 18.6 Å². The molecule has 1 aromatic heterocycles. The summed E-state index contributed by atoms with van der Waals surface area (Å²) in [6, 6.07) is 0.334. The van der Waals surface area contributed by atoms with Crippen LogP contribution in [-0.2, 0) is 4.79 Å². The normalized spacial score (nSPS) is 21.9. The Morgan fingerprint density at radius 1 is 1.17 bits per heavy atom. The van der Waals surface area contributed by atoms with E-state index < -0.39 is 0 Å². The number of hydrogen-bond donors (Lipinski definition) is 1. The monoisotopic (exact) mass is 317 g/mol. The zero-order chi connectivity index (χ0) is 16.1. The summed E-state index contributed by atoms with van der Waals surface area (Å²) < 4.78 is 0. The maximum absolute atomic E-state index is 12.5. The van der Waals surface area contributed by atoms with Gasteiger partial charge in [0.1, 0.15) is 5.82 Å². The van der Waals surface area contributed by atoms with Gasteiger partial charge in [-0.1, -0.05) is 19.3 Å². The zero-order valence-electron chi connectivity index (χ0n) is 13.9. The van der Waals surface area contributed by atoms with Crippen LogP contribution in [0, 0.1) is 0 Å². The summed E-state index contributed by atoms with van der Waals surface area (Å²) in [6.45, 7) is 5.57. The Kier molecular flexibility index (Phi) is 5.43. The molecule has 1 unspecified atom stereocenters. The van der Waals surface area contributed by atoms with Gasteiger partial charge in [0.2, 0.25) is 5.91 Å². The lowest BCUT2D eigenvalue weighted by Gasteiger charge is -2.38. The highest BCUT2D eigenvalue weighted by Gasteiger charge is 2.27. The molecule has 6 heteroatoms. The fourth-order valence-corrected chi connectivity index (χ4v) is 3.53. The first kappa shape index (κ1) is 16.2. The molecule has 6 nitrogen and oxygen atoms in total. The Bertz CT molecular complexity index is 495. The second kappa shape index (κ2) is 7.73. The fourth-order valence-electron chi connectivity index (χ4n) is 3.53. The first-order chi connectivity index (χ1) is 11.2. The third-order valence-corrected chi connectivity index (χ3v) is 5.07. The first-order valence-electron chi connectivity index (χ1n) is 8.79. The Labute approximate surface area is 138 Å². The van der Waals surface area contributed by atoms with Crippen LogP contribution in [0.25, 0.3) is 0 Å². The van der Waals surface area contributed by atoms with Crippen LogP contribution in [0.1, 0.15) is 39.0 Å². The van der Waals surface area contributed by atoms with Gasteiger partial charge in [0.25, 0.3) is 0 Å². The van der Waals surface area contributed by atoms with Gasteiger partial charge in [-0.05, 0) is 19.8 Å². The summed E-state index contributed by atoms with van der Waals surface area (Å²) in [6.07, 6.45) is 11.3. The minimum absolute atomic E-state index is 0.0547. The van der Waals surface area contributed by atoms with Crippen LogP contribution in [0.5, 0.6) is 0 Å². The minimum atomic E-state index is -0.0547. The van der Waals surface area contributed by atoms with E-state index in [1.807, 2.05) is 6.92 Å². The molecular weight excluding hydrogens is 290 g/mol. The number of nitrogens with one attached hydrogen (secondary N) is 1. The molecule has 1 aromatic rings. The average Bonchev–Trinajstić information content (AvgIpc) is 2.63. The van der Waals surface area contributed by atoms with E-state index in [2.05, 4.69) is 25.1 Å². The number of carbonyl (C=O) groups excluding carboxylic acids is 1. The van der Waals surface area contributed by atoms with Crippen LogP contribution in [0.4, 0.5) is 5.82 Å². The quantitative estimate of drug-likeness (QED) is 0.910. The van der Waals surface area contributed by atoms with Crippen LogP contribution in [-0.4, -0.2) is 59.0 Å². The lowest BCUT2D eigenvalue weighted by atomic mass is 9.95. The van der Waals surface area contributed by atoms with Crippen molar-refractivity contribution in [3.8, 4) is 0 Å². The van der Waals surface area contributed by atoms with Gasteiger partial charge >= 0.3 is 0 Å². The van der Waals surface area contributed by atoms with E-state index in [9.17, 15) is 4.79 Å². The topological polar surface area (TPSA) is 61.4 Å². The van der Waals surface area contributed by atoms with Crippen molar-refractivity contribution < 1.29 is 4.79 Å². The summed E-state index contributed by atoms with van der Waals surface area (Å²) in [5, 5.41) is 3.24. The summed E-state index contributed by atoms with van der Waals surface area (Å²) in [5.74, 6) is 1.11.